The van der Waals surface area contributed by atoms with Crippen LogP contribution in [0.15, 0.2) is 76.1 Å². The lowest BCUT2D eigenvalue weighted by atomic mass is 10.3. The molecule has 10 heteroatoms. The molecular formula is C20H15BrCl2N2O4S. The van der Waals surface area contributed by atoms with E-state index in [2.05, 4.69) is 26.0 Å². The Kier molecular flexibility index (Phi) is 7.25. The van der Waals surface area contributed by atoms with E-state index in [0.717, 1.165) is 4.47 Å². The maximum absolute atomic E-state index is 12.5. The first kappa shape index (κ1) is 22.4. The number of ether oxygens (including phenoxy) is 1. The lowest BCUT2D eigenvalue weighted by Gasteiger charge is -2.11. The molecule has 0 aromatic heterocycles. The Morgan fingerprint density at radius 3 is 2.20 bits per heavy atom. The number of sulfonamides is 1. The zero-order chi connectivity index (χ0) is 21.7. The van der Waals surface area contributed by atoms with Crippen LogP contribution in [0.25, 0.3) is 0 Å². The summed E-state index contributed by atoms with van der Waals surface area (Å²) in [6, 6.07) is 17.2. The molecule has 30 heavy (non-hydrogen) atoms. The standard InChI is InChI=1S/C20H15BrCl2N2O4S/c21-13-1-4-16(5-2-13)25-30(27,28)17-8-6-15(7-9-17)24-20(26)12-29-19-10-3-14(22)11-18(19)23/h1-11,25H,12H2,(H,24,26). The third kappa shape index (κ3) is 6.12. The van der Waals surface area contributed by atoms with Crippen LogP contribution in [-0.2, 0) is 14.8 Å². The number of amides is 1. The highest BCUT2D eigenvalue weighted by molar-refractivity contribution is 9.10. The van der Waals surface area contributed by atoms with Gasteiger partial charge in [0.1, 0.15) is 5.75 Å². The van der Waals surface area contributed by atoms with Gasteiger partial charge in [-0.1, -0.05) is 39.1 Å². The van der Waals surface area contributed by atoms with Gasteiger partial charge in [-0.05, 0) is 66.7 Å². The minimum Gasteiger partial charge on any atom is -0.482 e. The van der Waals surface area contributed by atoms with Gasteiger partial charge in [0.2, 0.25) is 0 Å². The van der Waals surface area contributed by atoms with Crippen molar-refractivity contribution in [3.05, 3.63) is 81.2 Å². The number of anilines is 2. The van der Waals surface area contributed by atoms with Gasteiger partial charge in [-0.25, -0.2) is 8.42 Å². The van der Waals surface area contributed by atoms with E-state index < -0.39 is 15.9 Å². The summed E-state index contributed by atoms with van der Waals surface area (Å²) in [5, 5.41) is 3.38. The Hall–Kier alpha value is -2.26. The second kappa shape index (κ2) is 9.70. The fraction of sp³-hybridized carbons (Fsp3) is 0.0500. The van der Waals surface area contributed by atoms with Gasteiger partial charge in [-0.15, -0.1) is 0 Å². The predicted molar refractivity (Wildman–Crippen MR) is 122 cm³/mol. The molecule has 0 bridgehead atoms. The van der Waals surface area contributed by atoms with E-state index in [-0.39, 0.29) is 11.5 Å². The molecule has 3 aromatic rings. The van der Waals surface area contributed by atoms with Gasteiger partial charge in [0.15, 0.2) is 6.61 Å². The summed E-state index contributed by atoms with van der Waals surface area (Å²) in [4.78, 5) is 12.1. The maximum atomic E-state index is 12.5. The van der Waals surface area contributed by atoms with Crippen molar-refractivity contribution >= 4 is 66.4 Å². The zero-order valence-electron chi connectivity index (χ0n) is 15.2. The number of hydrogen-bond acceptors (Lipinski definition) is 4. The number of halogens is 3. The van der Waals surface area contributed by atoms with Crippen LogP contribution in [0.4, 0.5) is 11.4 Å². The van der Waals surface area contributed by atoms with Gasteiger partial charge in [-0.3, -0.25) is 9.52 Å². The van der Waals surface area contributed by atoms with E-state index in [1.165, 1.54) is 30.3 Å². The van der Waals surface area contributed by atoms with Gasteiger partial charge in [0, 0.05) is 20.9 Å². The van der Waals surface area contributed by atoms with Gasteiger partial charge in [0.05, 0.1) is 9.92 Å². The molecule has 0 saturated heterocycles. The van der Waals surface area contributed by atoms with Crippen LogP contribution in [0.5, 0.6) is 5.75 Å². The molecule has 6 nitrogen and oxygen atoms in total. The summed E-state index contributed by atoms with van der Waals surface area (Å²) in [7, 11) is -3.75. The quantitative estimate of drug-likeness (QED) is 0.418. The van der Waals surface area contributed by atoms with Crippen LogP contribution >= 0.6 is 39.1 Å². The number of hydrogen-bond donors (Lipinski definition) is 2. The summed E-state index contributed by atoms with van der Waals surface area (Å²) in [5.74, 6) is -0.0960. The topological polar surface area (TPSA) is 84.5 Å². The molecule has 1 amide bonds. The third-order valence-electron chi connectivity index (χ3n) is 3.80. The highest BCUT2D eigenvalue weighted by Crippen LogP contribution is 2.27. The third-order valence-corrected chi connectivity index (χ3v) is 6.25. The molecular weight excluding hydrogens is 515 g/mol. The van der Waals surface area contributed by atoms with Crippen LogP contribution in [0.1, 0.15) is 0 Å². The Bertz CT molecular complexity index is 1150. The Morgan fingerprint density at radius 1 is 0.933 bits per heavy atom. The average molecular weight is 530 g/mol. The molecule has 0 aliphatic rings. The molecule has 3 rings (SSSR count). The van der Waals surface area contributed by atoms with Crippen molar-refractivity contribution in [2.45, 2.75) is 4.90 Å². The molecule has 0 fully saturated rings. The molecule has 3 aromatic carbocycles. The molecule has 0 unspecified atom stereocenters. The van der Waals surface area contributed by atoms with Gasteiger partial charge >= 0.3 is 0 Å². The van der Waals surface area contributed by atoms with E-state index in [1.807, 2.05) is 0 Å². The first-order valence-corrected chi connectivity index (χ1v) is 11.5. The average Bonchev–Trinajstić information content (AvgIpc) is 2.69. The summed E-state index contributed by atoms with van der Waals surface area (Å²) in [5.41, 5.74) is 0.863. The molecule has 0 aliphatic carbocycles. The van der Waals surface area contributed by atoms with E-state index in [9.17, 15) is 13.2 Å². The van der Waals surface area contributed by atoms with Gasteiger partial charge in [-0.2, -0.15) is 0 Å². The molecule has 0 heterocycles. The number of carbonyl (C=O) groups excluding carboxylic acids is 1. The number of carbonyl (C=O) groups is 1. The Labute approximate surface area is 192 Å². The first-order valence-electron chi connectivity index (χ1n) is 8.49. The minimum absolute atomic E-state index is 0.0626. The SMILES string of the molecule is O=C(COc1ccc(Cl)cc1Cl)Nc1ccc(S(=O)(=O)Nc2ccc(Br)cc2)cc1. The van der Waals surface area contributed by atoms with Crippen LogP contribution in [-0.4, -0.2) is 20.9 Å². The lowest BCUT2D eigenvalue weighted by molar-refractivity contribution is -0.118. The maximum Gasteiger partial charge on any atom is 0.262 e. The molecule has 0 radical (unpaired) electrons. The molecule has 0 aliphatic heterocycles. The number of nitrogens with one attached hydrogen (secondary N) is 2. The van der Waals surface area contributed by atoms with Crippen molar-refractivity contribution in [1.29, 1.82) is 0 Å². The van der Waals surface area contributed by atoms with Crippen molar-refractivity contribution < 1.29 is 17.9 Å². The van der Waals surface area contributed by atoms with Crippen molar-refractivity contribution in [3.8, 4) is 5.75 Å². The smallest absolute Gasteiger partial charge is 0.262 e. The van der Waals surface area contributed by atoms with Crippen LogP contribution in [0.3, 0.4) is 0 Å². The summed E-state index contributed by atoms with van der Waals surface area (Å²) in [6.45, 7) is -0.271. The second-order valence-corrected chi connectivity index (χ2v) is 9.49. The van der Waals surface area contributed by atoms with Gasteiger partial charge in [0.25, 0.3) is 15.9 Å². The largest absolute Gasteiger partial charge is 0.482 e. The fourth-order valence-corrected chi connectivity index (χ4v) is 4.17. The van der Waals surface area contributed by atoms with Crippen molar-refractivity contribution in [3.63, 3.8) is 0 Å². The highest BCUT2D eigenvalue weighted by Gasteiger charge is 2.14. The van der Waals surface area contributed by atoms with E-state index in [1.54, 1.807) is 36.4 Å². The second-order valence-electron chi connectivity index (χ2n) is 6.05. The molecule has 156 valence electrons. The molecule has 0 spiro atoms. The van der Waals surface area contributed by atoms with Crippen LogP contribution < -0.4 is 14.8 Å². The van der Waals surface area contributed by atoms with Crippen molar-refractivity contribution in [1.82, 2.24) is 0 Å². The molecule has 0 saturated carbocycles. The number of benzene rings is 3. The summed E-state index contributed by atoms with van der Waals surface area (Å²) >= 11 is 15.1. The zero-order valence-corrected chi connectivity index (χ0v) is 19.1. The van der Waals surface area contributed by atoms with Crippen molar-refractivity contribution in [2.75, 3.05) is 16.6 Å². The first-order chi connectivity index (χ1) is 14.2. The van der Waals surface area contributed by atoms with E-state index >= 15 is 0 Å². The summed E-state index contributed by atoms with van der Waals surface area (Å²) in [6.07, 6.45) is 0. The van der Waals surface area contributed by atoms with Crippen LogP contribution in [0, 0.1) is 0 Å². The molecule has 2 N–H and O–H groups in total. The lowest BCUT2D eigenvalue weighted by Crippen LogP contribution is -2.20. The van der Waals surface area contributed by atoms with E-state index in [4.69, 9.17) is 27.9 Å². The fourth-order valence-electron chi connectivity index (χ4n) is 2.38. The normalized spacial score (nSPS) is 11.0. The highest BCUT2D eigenvalue weighted by atomic mass is 79.9. The number of rotatable bonds is 7. The van der Waals surface area contributed by atoms with E-state index in [0.29, 0.717) is 27.2 Å². The predicted octanol–water partition coefficient (Wildman–Crippen LogP) is 5.57. The van der Waals surface area contributed by atoms with Gasteiger partial charge < -0.3 is 10.1 Å². The Morgan fingerprint density at radius 2 is 1.57 bits per heavy atom. The monoisotopic (exact) mass is 528 g/mol. The molecule has 0 atom stereocenters. The van der Waals surface area contributed by atoms with Crippen LogP contribution in [0.2, 0.25) is 10.0 Å². The summed E-state index contributed by atoms with van der Waals surface area (Å²) < 4.78 is 33.7. The minimum atomic E-state index is -3.75. The van der Waals surface area contributed by atoms with Crippen molar-refractivity contribution in [2.24, 2.45) is 0 Å². The Balaban J connectivity index is 1.59.